The van der Waals surface area contributed by atoms with Gasteiger partial charge < -0.3 is 5.32 Å². The average Bonchev–Trinajstić information content (AvgIpc) is 2.34. The Morgan fingerprint density at radius 2 is 2.11 bits per heavy atom. The van der Waals surface area contributed by atoms with Crippen LogP contribution in [0.5, 0.6) is 0 Å². The van der Waals surface area contributed by atoms with E-state index in [1.807, 2.05) is 6.92 Å². The molecule has 1 amide bonds. The van der Waals surface area contributed by atoms with Gasteiger partial charge in [0, 0.05) is 16.9 Å². The van der Waals surface area contributed by atoms with Gasteiger partial charge in [0.2, 0.25) is 5.95 Å². The lowest BCUT2D eigenvalue weighted by Crippen LogP contribution is -2.13. The third kappa shape index (κ3) is 2.89. The number of hydrogen-bond donors (Lipinski definition) is 1. The maximum atomic E-state index is 12.6. The predicted molar refractivity (Wildman–Crippen MR) is 68.8 cm³/mol. The van der Waals surface area contributed by atoms with Crippen LogP contribution in [-0.4, -0.2) is 15.9 Å². The number of pyridine rings is 2. The minimum Gasteiger partial charge on any atom is -0.307 e. The van der Waals surface area contributed by atoms with Gasteiger partial charge in [-0.3, -0.25) is 4.79 Å². The first-order valence-corrected chi connectivity index (χ1v) is 5.90. The van der Waals surface area contributed by atoms with E-state index in [4.69, 9.17) is 0 Å². The van der Waals surface area contributed by atoms with Gasteiger partial charge in [0.15, 0.2) is 0 Å². The zero-order chi connectivity index (χ0) is 13.1. The second-order valence-corrected chi connectivity index (χ2v) is 4.50. The van der Waals surface area contributed by atoms with Crippen LogP contribution in [0.15, 0.2) is 35.1 Å². The quantitative estimate of drug-likeness (QED) is 0.868. The lowest BCUT2D eigenvalue weighted by Gasteiger charge is -2.05. The number of halogens is 2. The van der Waals surface area contributed by atoms with Crippen molar-refractivity contribution in [3.8, 4) is 0 Å². The topological polar surface area (TPSA) is 54.9 Å². The summed E-state index contributed by atoms with van der Waals surface area (Å²) < 4.78 is 13.5. The van der Waals surface area contributed by atoms with Crippen LogP contribution < -0.4 is 5.32 Å². The minimum absolute atomic E-state index is 0.277. The molecule has 18 heavy (non-hydrogen) atoms. The van der Waals surface area contributed by atoms with Gasteiger partial charge in [-0.05, 0) is 46.6 Å². The van der Waals surface area contributed by atoms with E-state index in [0.717, 1.165) is 16.1 Å². The van der Waals surface area contributed by atoms with Crippen LogP contribution in [0.2, 0.25) is 0 Å². The molecule has 0 saturated carbocycles. The summed E-state index contributed by atoms with van der Waals surface area (Å²) in [6, 6.07) is 4.23. The Morgan fingerprint density at radius 3 is 2.72 bits per heavy atom. The Balaban J connectivity index is 2.16. The number of nitrogens with one attached hydrogen (secondary N) is 1. The highest BCUT2D eigenvalue weighted by atomic mass is 79.9. The summed E-state index contributed by atoms with van der Waals surface area (Å²) in [6.45, 7) is 1.89. The standard InChI is InChI=1S/C12H9BrFN3O/c1-7-4-11(16-6-9(7)13)17-12(18)8-2-3-10(14)15-5-8/h2-6H,1H3,(H,16,17,18). The number of aryl methyl sites for hydroxylation is 1. The van der Waals surface area contributed by atoms with E-state index in [1.54, 1.807) is 12.3 Å². The molecule has 0 atom stereocenters. The van der Waals surface area contributed by atoms with E-state index in [-0.39, 0.29) is 11.5 Å². The molecule has 1 N–H and O–H groups in total. The van der Waals surface area contributed by atoms with Crippen LogP contribution in [0.25, 0.3) is 0 Å². The molecular formula is C12H9BrFN3O. The summed E-state index contributed by atoms with van der Waals surface area (Å²) in [5, 5.41) is 2.61. The van der Waals surface area contributed by atoms with Gasteiger partial charge in [-0.1, -0.05) is 0 Å². The Kier molecular flexibility index (Phi) is 3.66. The predicted octanol–water partition coefficient (Wildman–Crippen LogP) is 2.94. The summed E-state index contributed by atoms with van der Waals surface area (Å²) in [7, 11) is 0. The highest BCUT2D eigenvalue weighted by Gasteiger charge is 2.08. The van der Waals surface area contributed by atoms with Crippen molar-refractivity contribution in [3.05, 3.63) is 52.1 Å². The fourth-order valence-electron chi connectivity index (χ4n) is 1.31. The molecule has 0 aliphatic heterocycles. The monoisotopic (exact) mass is 309 g/mol. The van der Waals surface area contributed by atoms with E-state index in [1.165, 1.54) is 12.3 Å². The Morgan fingerprint density at radius 1 is 1.33 bits per heavy atom. The van der Waals surface area contributed by atoms with Crippen molar-refractivity contribution in [1.29, 1.82) is 0 Å². The van der Waals surface area contributed by atoms with Crippen molar-refractivity contribution < 1.29 is 9.18 Å². The number of nitrogens with zero attached hydrogens (tertiary/aromatic N) is 2. The molecule has 0 unspecified atom stereocenters. The molecule has 2 aromatic rings. The number of rotatable bonds is 2. The molecule has 0 saturated heterocycles. The zero-order valence-corrected chi connectivity index (χ0v) is 11.0. The molecular weight excluding hydrogens is 301 g/mol. The normalized spacial score (nSPS) is 10.2. The first kappa shape index (κ1) is 12.6. The second kappa shape index (κ2) is 5.22. The summed E-state index contributed by atoms with van der Waals surface area (Å²) >= 11 is 3.32. The number of carbonyl (C=O) groups excluding carboxylic acids is 1. The van der Waals surface area contributed by atoms with Gasteiger partial charge in [-0.2, -0.15) is 4.39 Å². The molecule has 0 fully saturated rings. The number of anilines is 1. The fourth-order valence-corrected chi connectivity index (χ4v) is 1.52. The second-order valence-electron chi connectivity index (χ2n) is 3.64. The van der Waals surface area contributed by atoms with Crippen LogP contribution in [0.3, 0.4) is 0 Å². The SMILES string of the molecule is Cc1cc(NC(=O)c2ccc(F)nc2)ncc1Br. The van der Waals surface area contributed by atoms with Crippen LogP contribution in [0.1, 0.15) is 15.9 Å². The zero-order valence-electron chi connectivity index (χ0n) is 9.45. The molecule has 6 heteroatoms. The third-order valence-electron chi connectivity index (χ3n) is 2.28. The van der Waals surface area contributed by atoms with Crippen LogP contribution in [0, 0.1) is 12.9 Å². The van der Waals surface area contributed by atoms with Gasteiger partial charge in [-0.15, -0.1) is 0 Å². The molecule has 0 radical (unpaired) electrons. The molecule has 4 nitrogen and oxygen atoms in total. The molecule has 0 aliphatic rings. The number of carbonyl (C=O) groups is 1. The molecule has 0 aliphatic carbocycles. The highest BCUT2D eigenvalue weighted by Crippen LogP contribution is 2.17. The Labute approximate surface area is 111 Å². The number of hydrogen-bond acceptors (Lipinski definition) is 3. The molecule has 0 bridgehead atoms. The lowest BCUT2D eigenvalue weighted by atomic mass is 10.2. The van der Waals surface area contributed by atoms with Gasteiger partial charge in [-0.25, -0.2) is 9.97 Å². The summed E-state index contributed by atoms with van der Waals surface area (Å²) in [5.41, 5.74) is 1.23. The maximum absolute atomic E-state index is 12.6. The smallest absolute Gasteiger partial charge is 0.258 e. The van der Waals surface area contributed by atoms with Crippen molar-refractivity contribution in [2.24, 2.45) is 0 Å². The highest BCUT2D eigenvalue weighted by molar-refractivity contribution is 9.10. The molecule has 2 rings (SSSR count). The maximum Gasteiger partial charge on any atom is 0.258 e. The largest absolute Gasteiger partial charge is 0.307 e. The Hall–Kier alpha value is -1.82. The van der Waals surface area contributed by atoms with Crippen molar-refractivity contribution in [3.63, 3.8) is 0 Å². The van der Waals surface area contributed by atoms with Crippen molar-refractivity contribution in [1.82, 2.24) is 9.97 Å². The van der Waals surface area contributed by atoms with E-state index >= 15 is 0 Å². The first-order chi connectivity index (χ1) is 8.56. The van der Waals surface area contributed by atoms with E-state index in [2.05, 4.69) is 31.2 Å². The van der Waals surface area contributed by atoms with Crippen LogP contribution in [0.4, 0.5) is 10.2 Å². The van der Waals surface area contributed by atoms with Crippen molar-refractivity contribution >= 4 is 27.7 Å². The summed E-state index contributed by atoms with van der Waals surface area (Å²) in [5.74, 6) is -0.564. The molecule has 2 heterocycles. The van der Waals surface area contributed by atoms with Gasteiger partial charge in [0.05, 0.1) is 5.56 Å². The third-order valence-corrected chi connectivity index (χ3v) is 3.11. The van der Waals surface area contributed by atoms with E-state index in [0.29, 0.717) is 5.82 Å². The Bertz CT molecular complexity index is 586. The fraction of sp³-hybridized carbons (Fsp3) is 0.0833. The van der Waals surface area contributed by atoms with Crippen molar-refractivity contribution in [2.45, 2.75) is 6.92 Å². The molecule has 2 aromatic heterocycles. The summed E-state index contributed by atoms with van der Waals surface area (Å²) in [6.07, 6.45) is 2.78. The molecule has 92 valence electrons. The molecule has 0 spiro atoms. The van der Waals surface area contributed by atoms with E-state index in [9.17, 15) is 9.18 Å². The van der Waals surface area contributed by atoms with Crippen molar-refractivity contribution in [2.75, 3.05) is 5.32 Å². The van der Waals surface area contributed by atoms with Gasteiger partial charge >= 0.3 is 0 Å². The average molecular weight is 310 g/mol. The number of amides is 1. The van der Waals surface area contributed by atoms with Crippen LogP contribution >= 0.6 is 15.9 Å². The lowest BCUT2D eigenvalue weighted by molar-refractivity contribution is 0.102. The van der Waals surface area contributed by atoms with E-state index < -0.39 is 5.95 Å². The summed E-state index contributed by atoms with van der Waals surface area (Å²) in [4.78, 5) is 19.3. The minimum atomic E-state index is -0.621. The van der Waals surface area contributed by atoms with Gasteiger partial charge in [0.1, 0.15) is 5.82 Å². The number of aromatic nitrogens is 2. The van der Waals surface area contributed by atoms with Crippen LogP contribution in [-0.2, 0) is 0 Å². The van der Waals surface area contributed by atoms with Gasteiger partial charge in [0.25, 0.3) is 5.91 Å². The molecule has 0 aromatic carbocycles. The first-order valence-electron chi connectivity index (χ1n) is 5.11.